The fourth-order valence-electron chi connectivity index (χ4n) is 7.27. The summed E-state index contributed by atoms with van der Waals surface area (Å²) >= 11 is 0. The van der Waals surface area contributed by atoms with Gasteiger partial charge in [0.05, 0.1) is 36.8 Å². The molecule has 1 aromatic heterocycles. The molecule has 2 N–H and O–H groups in total. The van der Waals surface area contributed by atoms with Gasteiger partial charge in [-0.2, -0.15) is 0 Å². The fraction of sp³-hybridized carbons (Fsp3) is 0.432. The van der Waals surface area contributed by atoms with Crippen molar-refractivity contribution >= 4 is 34.6 Å². The van der Waals surface area contributed by atoms with Crippen molar-refractivity contribution in [2.24, 2.45) is 0 Å². The number of piperidine rings is 1. The van der Waals surface area contributed by atoms with Gasteiger partial charge in [-0.25, -0.2) is 15.0 Å². The van der Waals surface area contributed by atoms with Crippen LogP contribution in [-0.2, 0) is 9.63 Å². The quantitative estimate of drug-likeness (QED) is 0.232. The lowest BCUT2D eigenvalue weighted by molar-refractivity contribution is -0.111. The Hall–Kier alpha value is -4.63. The lowest BCUT2D eigenvalue weighted by Gasteiger charge is -2.43. The summed E-state index contributed by atoms with van der Waals surface area (Å²) in [7, 11) is 1.65. The third-order valence-electron chi connectivity index (χ3n) is 9.98. The number of rotatable bonds is 10. The third-order valence-corrected chi connectivity index (χ3v) is 9.98. The van der Waals surface area contributed by atoms with Crippen molar-refractivity contribution in [3.8, 4) is 18.1 Å². The topological polar surface area (TPSA) is 98.3 Å². The number of nitrogens with zero attached hydrogens (tertiary/aromatic N) is 6. The number of methoxy groups -OCH3 is 1. The normalized spacial score (nSPS) is 20.7. The van der Waals surface area contributed by atoms with Crippen molar-refractivity contribution in [2.75, 3.05) is 73.6 Å². The van der Waals surface area contributed by atoms with Gasteiger partial charge in [-0.05, 0) is 55.5 Å². The second-order valence-electron chi connectivity index (χ2n) is 12.9. The van der Waals surface area contributed by atoms with Gasteiger partial charge < -0.3 is 20.3 Å². The van der Waals surface area contributed by atoms with E-state index in [0.29, 0.717) is 41.4 Å². The summed E-state index contributed by atoms with van der Waals surface area (Å²) in [5.41, 5.74) is 4.16. The predicted octanol–water partition coefficient (Wildman–Crippen LogP) is 4.97. The molecule has 48 heavy (non-hydrogen) atoms. The Kier molecular flexibility index (Phi) is 9.47. The number of anilines is 5. The van der Waals surface area contributed by atoms with E-state index in [2.05, 4.69) is 53.9 Å². The van der Waals surface area contributed by atoms with E-state index in [1.54, 1.807) is 7.11 Å². The van der Waals surface area contributed by atoms with Crippen LogP contribution in [0.3, 0.4) is 0 Å². The van der Waals surface area contributed by atoms with Crippen molar-refractivity contribution in [3.05, 3.63) is 72.6 Å². The van der Waals surface area contributed by atoms with Gasteiger partial charge in [-0.3, -0.25) is 19.4 Å². The number of benzene rings is 2. The first kappa shape index (κ1) is 31.9. The van der Waals surface area contributed by atoms with Gasteiger partial charge in [0, 0.05) is 75.5 Å². The van der Waals surface area contributed by atoms with E-state index in [1.165, 1.54) is 38.3 Å². The molecule has 0 unspecified atom stereocenters. The molecule has 11 nitrogen and oxygen atoms in total. The van der Waals surface area contributed by atoms with Crippen LogP contribution in [0.25, 0.3) is 0 Å². The molecule has 3 saturated heterocycles. The van der Waals surface area contributed by atoms with Crippen LogP contribution in [0.4, 0.5) is 28.7 Å². The zero-order valence-electron chi connectivity index (χ0n) is 27.6. The van der Waals surface area contributed by atoms with Gasteiger partial charge >= 0.3 is 0 Å². The third kappa shape index (κ3) is 6.97. The highest BCUT2D eigenvalue weighted by molar-refractivity contribution is 6.02. The van der Waals surface area contributed by atoms with Crippen molar-refractivity contribution in [1.82, 2.24) is 19.8 Å². The molecule has 7 rings (SSSR count). The highest BCUT2D eigenvalue weighted by Crippen LogP contribution is 2.41. The van der Waals surface area contributed by atoms with E-state index in [4.69, 9.17) is 16.0 Å². The largest absolute Gasteiger partial charge is 0.494 e. The van der Waals surface area contributed by atoms with Crippen LogP contribution in [-0.4, -0.2) is 90.7 Å². The number of carbonyl (C=O) groups excluding carboxylic acids is 1. The molecule has 4 aliphatic rings. The van der Waals surface area contributed by atoms with Crippen LogP contribution in [0.15, 0.2) is 61.4 Å². The van der Waals surface area contributed by atoms with Gasteiger partial charge in [0.15, 0.2) is 5.82 Å². The van der Waals surface area contributed by atoms with Gasteiger partial charge in [-0.1, -0.05) is 24.6 Å². The zero-order chi connectivity index (χ0) is 33.0. The summed E-state index contributed by atoms with van der Waals surface area (Å²) in [6.07, 6.45) is 14.2. The number of nitrogens with one attached hydrogen (secondary N) is 2. The van der Waals surface area contributed by atoms with Crippen LogP contribution in [0, 0.1) is 12.3 Å². The standard InChI is InChI=1S/C37H44N8O3/c1-4-26-7-6-8-27(21-26)32-13-20-48-45(32)36-24-35(38-25-39-36)40-31-22-30(41-37(46)5-2)33(23-34(31)47-3)44-14-11-29(12-15-44)43-18-16-42(17-19-43)28-9-10-28/h1,5-8,21-25,28-29,32H,2,9-20H2,3H3,(H,41,46)(H,38,39,40)/t32-/m1/s1. The first-order valence-electron chi connectivity index (χ1n) is 17.0. The van der Waals surface area contributed by atoms with E-state index < -0.39 is 0 Å². The predicted molar refractivity (Wildman–Crippen MR) is 189 cm³/mol. The van der Waals surface area contributed by atoms with Crippen LogP contribution in [0.1, 0.15) is 49.3 Å². The monoisotopic (exact) mass is 648 g/mol. The van der Waals surface area contributed by atoms with E-state index in [-0.39, 0.29) is 11.9 Å². The minimum atomic E-state index is -0.272. The minimum Gasteiger partial charge on any atom is -0.494 e. The Morgan fingerprint density at radius 1 is 0.979 bits per heavy atom. The number of aromatic nitrogens is 2. The van der Waals surface area contributed by atoms with Crippen LogP contribution in [0.2, 0.25) is 0 Å². The number of hydrogen-bond donors (Lipinski definition) is 2. The number of ether oxygens (including phenoxy) is 1. The maximum absolute atomic E-state index is 12.6. The summed E-state index contributed by atoms with van der Waals surface area (Å²) in [4.78, 5) is 35.3. The van der Waals surface area contributed by atoms with Gasteiger partial charge in [0.2, 0.25) is 5.91 Å². The van der Waals surface area contributed by atoms with Crippen molar-refractivity contribution in [1.29, 1.82) is 0 Å². The molecule has 1 amide bonds. The Labute approximate surface area is 282 Å². The minimum absolute atomic E-state index is 0.0351. The van der Waals surface area contributed by atoms with E-state index in [0.717, 1.165) is 68.3 Å². The molecule has 2 aromatic carbocycles. The number of carbonyl (C=O) groups is 1. The lowest BCUT2D eigenvalue weighted by atomic mass is 10.0. The average Bonchev–Trinajstić information content (AvgIpc) is 3.87. The molecule has 0 bridgehead atoms. The van der Waals surface area contributed by atoms with Crippen LogP contribution in [0.5, 0.6) is 5.75 Å². The molecule has 3 aliphatic heterocycles. The molecule has 0 spiro atoms. The molecule has 3 aromatic rings. The van der Waals surface area contributed by atoms with Gasteiger partial charge in [-0.15, -0.1) is 6.42 Å². The maximum Gasteiger partial charge on any atom is 0.247 e. The molecular weight excluding hydrogens is 604 g/mol. The van der Waals surface area contributed by atoms with E-state index in [1.807, 2.05) is 41.5 Å². The summed E-state index contributed by atoms with van der Waals surface area (Å²) in [6, 6.07) is 15.1. The first-order chi connectivity index (χ1) is 23.5. The number of terminal acetylenes is 1. The van der Waals surface area contributed by atoms with E-state index >= 15 is 0 Å². The number of amides is 1. The lowest BCUT2D eigenvalue weighted by Crippen LogP contribution is -2.53. The second-order valence-corrected chi connectivity index (χ2v) is 12.9. The van der Waals surface area contributed by atoms with Crippen LogP contribution < -0.4 is 25.3 Å². The van der Waals surface area contributed by atoms with Crippen LogP contribution >= 0.6 is 0 Å². The number of hydroxylamine groups is 1. The van der Waals surface area contributed by atoms with Crippen molar-refractivity contribution in [2.45, 2.75) is 50.2 Å². The summed E-state index contributed by atoms with van der Waals surface area (Å²) < 4.78 is 5.88. The average molecular weight is 649 g/mol. The van der Waals surface area contributed by atoms with E-state index in [9.17, 15) is 4.79 Å². The molecule has 1 aliphatic carbocycles. The van der Waals surface area contributed by atoms with Gasteiger partial charge in [0.25, 0.3) is 0 Å². The van der Waals surface area contributed by atoms with Gasteiger partial charge in [0.1, 0.15) is 17.9 Å². The Morgan fingerprint density at radius 2 is 1.73 bits per heavy atom. The highest BCUT2D eigenvalue weighted by Gasteiger charge is 2.34. The SMILES string of the molecule is C#Cc1cccc([C@H]2CCON2c2cc(Nc3cc(NC(=O)C=C)c(N4CCC(N5CCN(C6CC6)CC5)CC4)cc3OC)ncn2)c1. The smallest absolute Gasteiger partial charge is 0.247 e. The zero-order valence-corrected chi connectivity index (χ0v) is 27.6. The molecule has 250 valence electrons. The summed E-state index contributed by atoms with van der Waals surface area (Å²) in [5.74, 6) is 4.26. The maximum atomic E-state index is 12.6. The first-order valence-corrected chi connectivity index (χ1v) is 17.0. The molecule has 11 heteroatoms. The van der Waals surface area contributed by atoms with Crippen molar-refractivity contribution in [3.63, 3.8) is 0 Å². The summed E-state index contributed by atoms with van der Waals surface area (Å²) in [5, 5.41) is 8.25. The Balaban J connectivity index is 1.08. The molecule has 4 fully saturated rings. The second kappa shape index (κ2) is 14.2. The molecule has 0 radical (unpaired) electrons. The number of hydrogen-bond acceptors (Lipinski definition) is 10. The number of piperazine rings is 1. The Bertz CT molecular complexity index is 1670. The molecule has 1 atom stereocenters. The molecule has 1 saturated carbocycles. The molecular formula is C37H44N8O3. The summed E-state index contributed by atoms with van der Waals surface area (Å²) in [6.45, 7) is 10.7. The highest BCUT2D eigenvalue weighted by atomic mass is 16.7. The Morgan fingerprint density at radius 3 is 2.42 bits per heavy atom. The van der Waals surface area contributed by atoms with Crippen molar-refractivity contribution < 1.29 is 14.4 Å². The fourth-order valence-corrected chi connectivity index (χ4v) is 7.27. The molecule has 4 heterocycles.